The van der Waals surface area contributed by atoms with Gasteiger partial charge in [0.05, 0.1) is 6.10 Å². The van der Waals surface area contributed by atoms with Gasteiger partial charge in [0, 0.05) is 19.5 Å². The molecule has 2 unspecified atom stereocenters. The van der Waals surface area contributed by atoms with Crippen molar-refractivity contribution in [3.05, 3.63) is 29.8 Å². The highest BCUT2D eigenvalue weighted by Crippen LogP contribution is 2.29. The van der Waals surface area contributed by atoms with Crippen molar-refractivity contribution in [1.29, 1.82) is 0 Å². The second kappa shape index (κ2) is 4.04. The Morgan fingerprint density at radius 1 is 1.47 bits per heavy atom. The number of nitrogens with zero attached hydrogens (tertiary/aromatic N) is 1. The maximum atomic E-state index is 11.8. The molecule has 3 saturated heterocycles. The zero-order valence-corrected chi connectivity index (χ0v) is 9.50. The van der Waals surface area contributed by atoms with E-state index < -0.39 is 0 Å². The highest BCUT2D eigenvalue weighted by molar-refractivity contribution is 5.83. The third-order valence-electron chi connectivity index (χ3n) is 3.43. The Morgan fingerprint density at radius 2 is 2.29 bits per heavy atom. The summed E-state index contributed by atoms with van der Waals surface area (Å²) < 4.78 is 5.36. The molecule has 0 spiro atoms. The number of hydrogen-bond acceptors (Lipinski definition) is 3. The number of phenolic OH excluding ortho intramolecular Hbond substituents is 1. The molecule has 3 aliphatic heterocycles. The van der Waals surface area contributed by atoms with Gasteiger partial charge in [-0.2, -0.15) is 0 Å². The fraction of sp³-hybridized carbons (Fsp3) is 0.462. The molecule has 4 rings (SSSR count). The van der Waals surface area contributed by atoms with Crippen molar-refractivity contribution in [3.8, 4) is 5.75 Å². The van der Waals surface area contributed by atoms with Crippen molar-refractivity contribution < 1.29 is 14.6 Å². The van der Waals surface area contributed by atoms with E-state index in [1.165, 1.54) is 0 Å². The third kappa shape index (κ3) is 2.00. The van der Waals surface area contributed by atoms with Gasteiger partial charge in [-0.15, -0.1) is 0 Å². The zero-order chi connectivity index (χ0) is 11.8. The first-order chi connectivity index (χ1) is 8.22. The minimum atomic E-state index is -0.182. The lowest BCUT2D eigenvalue weighted by Gasteiger charge is -2.46. The summed E-state index contributed by atoms with van der Waals surface area (Å²) in [6.07, 6.45) is 1.74. The quantitative estimate of drug-likeness (QED) is 0.845. The van der Waals surface area contributed by atoms with Crippen LogP contribution in [0.4, 0.5) is 0 Å². The monoisotopic (exact) mass is 233 g/mol. The van der Waals surface area contributed by atoms with Crippen LogP contribution in [0.3, 0.4) is 0 Å². The molecule has 4 nitrogen and oxygen atoms in total. The highest BCUT2D eigenvalue weighted by Gasteiger charge is 2.44. The highest BCUT2D eigenvalue weighted by atomic mass is 16.5. The topological polar surface area (TPSA) is 49.8 Å². The lowest BCUT2D eigenvalue weighted by molar-refractivity contribution is -0.197. The summed E-state index contributed by atoms with van der Waals surface area (Å²) in [6, 6.07) is 7.18. The molecule has 0 aliphatic carbocycles. The van der Waals surface area contributed by atoms with E-state index in [2.05, 4.69) is 0 Å². The van der Waals surface area contributed by atoms with Crippen molar-refractivity contribution in [1.82, 2.24) is 4.90 Å². The molecule has 0 aromatic heterocycles. The van der Waals surface area contributed by atoms with Gasteiger partial charge in [-0.1, -0.05) is 12.1 Å². The van der Waals surface area contributed by atoms with Crippen LogP contribution >= 0.6 is 0 Å². The van der Waals surface area contributed by atoms with E-state index in [1.54, 1.807) is 12.1 Å². The normalized spacial score (nSPS) is 26.8. The Labute approximate surface area is 99.8 Å². The predicted molar refractivity (Wildman–Crippen MR) is 61.7 cm³/mol. The maximum absolute atomic E-state index is 11.8. The van der Waals surface area contributed by atoms with Crippen LogP contribution in [0, 0.1) is 0 Å². The smallest absolute Gasteiger partial charge is 0.251 e. The average Bonchev–Trinajstić information content (AvgIpc) is 2.26. The standard InChI is InChI=1S/C13H15NO3/c15-10-3-1-2-9(6-10)4-5-14-8-11-7-12(17-11)13(14)16/h1-3,6,11-12,15H,4-5,7-8H2. The van der Waals surface area contributed by atoms with E-state index in [0.29, 0.717) is 13.1 Å². The average molecular weight is 233 g/mol. The van der Waals surface area contributed by atoms with Gasteiger partial charge in [-0.05, 0) is 24.1 Å². The molecule has 3 fully saturated rings. The molecule has 3 aliphatic rings. The summed E-state index contributed by atoms with van der Waals surface area (Å²) in [5.41, 5.74) is 1.05. The Bertz CT molecular complexity index is 440. The lowest BCUT2D eigenvalue weighted by Crippen LogP contribution is -2.61. The van der Waals surface area contributed by atoms with Crippen LogP contribution in [0.25, 0.3) is 0 Å². The summed E-state index contributed by atoms with van der Waals surface area (Å²) >= 11 is 0. The summed E-state index contributed by atoms with van der Waals surface area (Å²) in [5, 5.41) is 9.35. The van der Waals surface area contributed by atoms with Crippen LogP contribution in [0.1, 0.15) is 12.0 Å². The molecule has 90 valence electrons. The minimum Gasteiger partial charge on any atom is -0.508 e. The third-order valence-corrected chi connectivity index (χ3v) is 3.43. The van der Waals surface area contributed by atoms with Crippen LogP contribution < -0.4 is 0 Å². The van der Waals surface area contributed by atoms with Crippen LogP contribution in [0.15, 0.2) is 24.3 Å². The van der Waals surface area contributed by atoms with Gasteiger partial charge in [0.2, 0.25) is 0 Å². The lowest BCUT2D eigenvalue weighted by atomic mass is 9.97. The van der Waals surface area contributed by atoms with Gasteiger partial charge < -0.3 is 14.7 Å². The molecule has 1 N–H and O–H groups in total. The van der Waals surface area contributed by atoms with Gasteiger partial charge in [-0.25, -0.2) is 0 Å². The Hall–Kier alpha value is -1.55. The van der Waals surface area contributed by atoms with Crippen molar-refractivity contribution in [2.75, 3.05) is 13.1 Å². The number of phenols is 1. The zero-order valence-electron chi connectivity index (χ0n) is 9.50. The number of ether oxygens (including phenoxy) is 1. The largest absolute Gasteiger partial charge is 0.508 e. The van der Waals surface area contributed by atoms with Crippen molar-refractivity contribution >= 4 is 5.91 Å². The molecule has 0 radical (unpaired) electrons. The number of aromatic hydroxyl groups is 1. The van der Waals surface area contributed by atoms with Gasteiger partial charge in [0.1, 0.15) is 11.9 Å². The van der Waals surface area contributed by atoms with E-state index in [1.807, 2.05) is 17.0 Å². The molecule has 1 amide bonds. The van der Waals surface area contributed by atoms with Crippen molar-refractivity contribution in [2.24, 2.45) is 0 Å². The molecule has 0 saturated carbocycles. The number of piperidine rings is 1. The molecule has 2 bridgehead atoms. The fourth-order valence-electron chi connectivity index (χ4n) is 2.45. The maximum Gasteiger partial charge on any atom is 0.251 e. The van der Waals surface area contributed by atoms with Crippen LogP contribution in [0.2, 0.25) is 0 Å². The first-order valence-corrected chi connectivity index (χ1v) is 5.94. The summed E-state index contributed by atoms with van der Waals surface area (Å²) in [5.74, 6) is 0.395. The summed E-state index contributed by atoms with van der Waals surface area (Å²) in [4.78, 5) is 13.7. The fourth-order valence-corrected chi connectivity index (χ4v) is 2.45. The van der Waals surface area contributed by atoms with E-state index in [9.17, 15) is 9.90 Å². The molecular formula is C13H15NO3. The summed E-state index contributed by atoms with van der Waals surface area (Å²) in [6.45, 7) is 1.42. The summed E-state index contributed by atoms with van der Waals surface area (Å²) in [7, 11) is 0. The SMILES string of the molecule is O=C1C2CC(CN1CCc1cccc(O)c1)O2. The van der Waals surface area contributed by atoms with Gasteiger partial charge >= 0.3 is 0 Å². The van der Waals surface area contributed by atoms with E-state index in [-0.39, 0.29) is 23.9 Å². The Kier molecular flexibility index (Phi) is 2.52. The molecule has 4 heteroatoms. The van der Waals surface area contributed by atoms with Crippen LogP contribution in [-0.2, 0) is 16.0 Å². The van der Waals surface area contributed by atoms with E-state index in [0.717, 1.165) is 18.4 Å². The van der Waals surface area contributed by atoms with Gasteiger partial charge in [-0.3, -0.25) is 4.79 Å². The first-order valence-electron chi connectivity index (χ1n) is 5.94. The number of benzene rings is 1. The molecule has 1 aromatic carbocycles. The second-order valence-corrected chi connectivity index (χ2v) is 4.69. The van der Waals surface area contributed by atoms with Gasteiger partial charge in [0.25, 0.3) is 5.91 Å². The number of hydrogen-bond donors (Lipinski definition) is 1. The minimum absolute atomic E-state index is 0.118. The molecule has 17 heavy (non-hydrogen) atoms. The number of rotatable bonds is 3. The Balaban J connectivity index is 1.59. The van der Waals surface area contributed by atoms with E-state index in [4.69, 9.17) is 4.74 Å². The first kappa shape index (κ1) is 10.6. The van der Waals surface area contributed by atoms with E-state index >= 15 is 0 Å². The van der Waals surface area contributed by atoms with Crippen LogP contribution in [-0.4, -0.2) is 41.2 Å². The number of carbonyl (C=O) groups excluding carboxylic acids is 1. The molecule has 1 aromatic rings. The molecular weight excluding hydrogens is 218 g/mol. The number of morpholine rings is 1. The number of amides is 1. The second-order valence-electron chi connectivity index (χ2n) is 4.69. The number of carbonyl (C=O) groups is 1. The molecule has 3 heterocycles. The Morgan fingerprint density at radius 3 is 3.00 bits per heavy atom. The van der Waals surface area contributed by atoms with Crippen molar-refractivity contribution in [2.45, 2.75) is 25.0 Å². The van der Waals surface area contributed by atoms with Crippen molar-refractivity contribution in [3.63, 3.8) is 0 Å². The molecule has 2 atom stereocenters. The van der Waals surface area contributed by atoms with Gasteiger partial charge in [0.15, 0.2) is 0 Å². The number of fused-ring (bicyclic) bond motifs is 2. The van der Waals surface area contributed by atoms with Crippen LogP contribution in [0.5, 0.6) is 5.75 Å². The predicted octanol–water partition coefficient (Wildman–Crippen LogP) is 0.934.